The number of hydrogen-bond donors (Lipinski definition) is 3. The van der Waals surface area contributed by atoms with Gasteiger partial charge in [-0.3, -0.25) is 4.57 Å². The van der Waals surface area contributed by atoms with Gasteiger partial charge in [-0.1, -0.05) is 11.6 Å². The van der Waals surface area contributed by atoms with Gasteiger partial charge in [-0.15, -0.1) is 0 Å². The lowest BCUT2D eigenvalue weighted by molar-refractivity contribution is -0.150. The quantitative estimate of drug-likeness (QED) is 0.552. The van der Waals surface area contributed by atoms with Crippen LogP contribution in [0, 0.1) is 0 Å². The maximum Gasteiger partial charge on any atom is 0.420 e. The number of ether oxygens (including phenoxy) is 2. The van der Waals surface area contributed by atoms with Crippen LogP contribution in [0.15, 0.2) is 21.3 Å². The van der Waals surface area contributed by atoms with Gasteiger partial charge in [0.1, 0.15) is 18.4 Å². The lowest BCUT2D eigenvalue weighted by atomic mass is 10.1. The lowest BCUT2D eigenvalue weighted by Gasteiger charge is -2.24. The number of rotatable bonds is 8. The summed E-state index contributed by atoms with van der Waals surface area (Å²) in [4.78, 5) is 24.6. The van der Waals surface area contributed by atoms with Crippen molar-refractivity contribution in [2.24, 2.45) is 5.73 Å². The van der Waals surface area contributed by atoms with E-state index in [1.54, 1.807) is 0 Å². The fourth-order valence-corrected chi connectivity index (χ4v) is 2.53. The van der Waals surface area contributed by atoms with Gasteiger partial charge >= 0.3 is 11.7 Å². The highest BCUT2D eigenvalue weighted by Crippen LogP contribution is 2.31. The Morgan fingerprint density at radius 1 is 1.33 bits per heavy atom. The first kappa shape index (κ1) is 21.2. The van der Waals surface area contributed by atoms with Gasteiger partial charge in [-0.25, -0.2) is 9.59 Å². The van der Waals surface area contributed by atoms with E-state index in [1.807, 2.05) is 13.8 Å². The number of aliphatic hydroxyl groups is 2. The third-order valence-electron chi connectivity index (χ3n) is 3.89. The molecule has 0 radical (unpaired) electrons. The number of benzene rings is 1. The zero-order valence-corrected chi connectivity index (χ0v) is 16.0. The molecule has 0 saturated heterocycles. The molecule has 9 nitrogen and oxygen atoms in total. The predicted molar refractivity (Wildman–Crippen MR) is 98.0 cm³/mol. The first-order valence-electron chi connectivity index (χ1n) is 8.30. The summed E-state index contributed by atoms with van der Waals surface area (Å²) in [6, 6.07) is 1.90. The Morgan fingerprint density at radius 3 is 2.52 bits per heavy atom. The first-order valence-corrected chi connectivity index (χ1v) is 8.68. The van der Waals surface area contributed by atoms with E-state index >= 15 is 0 Å². The van der Waals surface area contributed by atoms with Gasteiger partial charge < -0.3 is 29.8 Å². The molecular weight excluding hydrogens is 380 g/mol. The third-order valence-corrected chi connectivity index (χ3v) is 4.19. The minimum Gasteiger partial charge on any atom is -0.489 e. The minimum atomic E-state index is -1.47. The number of esters is 1. The zero-order valence-electron chi connectivity index (χ0n) is 15.3. The Labute approximate surface area is 160 Å². The SMILES string of the molecule is CC(C)Oc1cc2oc(=O)n(C(C)C(=O)OCC(N)(CO)CO)c2cc1Cl. The third kappa shape index (κ3) is 4.62. The highest BCUT2D eigenvalue weighted by molar-refractivity contribution is 6.32. The normalized spacial score (nSPS) is 13.2. The highest BCUT2D eigenvalue weighted by Gasteiger charge is 2.29. The lowest BCUT2D eigenvalue weighted by Crippen LogP contribution is -2.52. The van der Waals surface area contributed by atoms with Crippen molar-refractivity contribution in [1.29, 1.82) is 0 Å². The van der Waals surface area contributed by atoms with Crippen LogP contribution >= 0.6 is 11.6 Å². The summed E-state index contributed by atoms with van der Waals surface area (Å²) in [6.07, 6.45) is -0.128. The zero-order chi connectivity index (χ0) is 20.4. The fourth-order valence-electron chi connectivity index (χ4n) is 2.33. The van der Waals surface area contributed by atoms with E-state index in [0.717, 1.165) is 4.57 Å². The Morgan fingerprint density at radius 2 is 1.96 bits per heavy atom. The Kier molecular flexibility index (Phi) is 6.53. The molecule has 0 bridgehead atoms. The number of nitrogens with two attached hydrogens (primary N) is 1. The maximum absolute atomic E-state index is 12.3. The van der Waals surface area contributed by atoms with E-state index in [4.69, 9.17) is 41.4 Å². The van der Waals surface area contributed by atoms with Crippen LogP contribution in [0.5, 0.6) is 5.75 Å². The molecular formula is C17H23ClN2O7. The van der Waals surface area contributed by atoms with E-state index in [9.17, 15) is 9.59 Å². The number of aliphatic hydroxyl groups excluding tert-OH is 2. The molecule has 1 aromatic heterocycles. The topological polar surface area (TPSA) is 137 Å². The summed E-state index contributed by atoms with van der Waals surface area (Å²) in [5.74, 6) is -1.19. The standard InChI is InChI=1S/C17H23ClN2O7/c1-9(2)26-13-5-14-12(4-11(13)18)20(16(24)27-14)10(3)15(23)25-8-17(19,6-21)7-22/h4-5,9-10,21-22H,6-8,19H2,1-3H3. The van der Waals surface area contributed by atoms with Crippen LogP contribution in [0.2, 0.25) is 5.02 Å². The molecule has 0 fully saturated rings. The fraction of sp³-hybridized carbons (Fsp3) is 0.529. The van der Waals surface area contributed by atoms with Crippen LogP contribution in [-0.2, 0) is 9.53 Å². The van der Waals surface area contributed by atoms with Gasteiger partial charge in [-0.2, -0.15) is 0 Å². The van der Waals surface area contributed by atoms with Gasteiger partial charge in [0.2, 0.25) is 0 Å². The highest BCUT2D eigenvalue weighted by atomic mass is 35.5. The molecule has 0 aliphatic rings. The number of carbonyl (C=O) groups excluding carboxylic acids is 1. The Balaban J connectivity index is 2.32. The molecule has 0 spiro atoms. The van der Waals surface area contributed by atoms with Crippen LogP contribution in [0.4, 0.5) is 0 Å². The van der Waals surface area contributed by atoms with Crippen molar-refractivity contribution in [2.75, 3.05) is 19.8 Å². The van der Waals surface area contributed by atoms with Crippen molar-refractivity contribution >= 4 is 28.7 Å². The molecule has 2 rings (SSSR count). The molecule has 1 heterocycles. The molecule has 4 N–H and O–H groups in total. The van der Waals surface area contributed by atoms with Gasteiger partial charge in [-0.05, 0) is 26.8 Å². The minimum absolute atomic E-state index is 0.128. The summed E-state index contributed by atoms with van der Waals surface area (Å²) >= 11 is 6.20. The molecule has 0 aliphatic carbocycles. The number of carbonyl (C=O) groups is 1. The Hall–Kier alpha value is -2.07. The maximum atomic E-state index is 12.3. The summed E-state index contributed by atoms with van der Waals surface area (Å²) < 4.78 is 16.9. The van der Waals surface area contributed by atoms with Crippen molar-refractivity contribution in [1.82, 2.24) is 4.57 Å². The monoisotopic (exact) mass is 402 g/mol. The molecule has 1 atom stereocenters. The Bertz CT molecular complexity index is 870. The van der Waals surface area contributed by atoms with Gasteiger partial charge in [0.05, 0.1) is 35.4 Å². The largest absolute Gasteiger partial charge is 0.489 e. The van der Waals surface area contributed by atoms with Crippen LogP contribution in [0.3, 0.4) is 0 Å². The molecule has 2 aromatic rings. The molecule has 1 aromatic carbocycles. The number of oxazole rings is 1. The number of halogens is 1. The molecule has 0 saturated carbocycles. The van der Waals surface area contributed by atoms with Crippen molar-refractivity contribution in [3.05, 3.63) is 27.7 Å². The predicted octanol–water partition coefficient (Wildman–Crippen LogP) is 0.821. The molecule has 1 unspecified atom stereocenters. The van der Waals surface area contributed by atoms with E-state index in [1.165, 1.54) is 19.1 Å². The number of hydrogen-bond acceptors (Lipinski definition) is 8. The van der Waals surface area contributed by atoms with E-state index in [2.05, 4.69) is 0 Å². The summed E-state index contributed by atoms with van der Waals surface area (Å²) in [7, 11) is 0. The first-order chi connectivity index (χ1) is 12.6. The van der Waals surface area contributed by atoms with Crippen LogP contribution < -0.4 is 16.2 Å². The van der Waals surface area contributed by atoms with Crippen LogP contribution in [0.25, 0.3) is 11.1 Å². The summed E-state index contributed by atoms with van der Waals surface area (Å²) in [5, 5.41) is 18.6. The number of aromatic nitrogens is 1. The molecule has 27 heavy (non-hydrogen) atoms. The molecule has 0 aliphatic heterocycles. The van der Waals surface area contributed by atoms with Crippen LogP contribution in [-0.4, -0.2) is 52.2 Å². The second-order valence-corrected chi connectivity index (χ2v) is 7.02. The van der Waals surface area contributed by atoms with Crippen molar-refractivity contribution in [2.45, 2.75) is 38.5 Å². The average Bonchev–Trinajstić information content (AvgIpc) is 2.93. The summed E-state index contributed by atoms with van der Waals surface area (Å²) in [5.41, 5.74) is 4.70. The van der Waals surface area contributed by atoms with E-state index < -0.39 is 43.1 Å². The van der Waals surface area contributed by atoms with Crippen molar-refractivity contribution < 1.29 is 28.9 Å². The number of nitrogens with zero attached hydrogens (tertiary/aromatic N) is 1. The molecule has 0 amide bonds. The molecule has 150 valence electrons. The smallest absolute Gasteiger partial charge is 0.420 e. The van der Waals surface area contributed by atoms with E-state index in [0.29, 0.717) is 11.3 Å². The van der Waals surface area contributed by atoms with Gasteiger partial charge in [0, 0.05) is 6.07 Å². The average molecular weight is 403 g/mol. The van der Waals surface area contributed by atoms with E-state index in [-0.39, 0.29) is 16.7 Å². The molecule has 10 heteroatoms. The van der Waals surface area contributed by atoms with Crippen LogP contribution in [0.1, 0.15) is 26.8 Å². The number of fused-ring (bicyclic) bond motifs is 1. The second-order valence-electron chi connectivity index (χ2n) is 6.62. The van der Waals surface area contributed by atoms with Crippen molar-refractivity contribution in [3.8, 4) is 5.75 Å². The van der Waals surface area contributed by atoms with Gasteiger partial charge in [0.25, 0.3) is 0 Å². The second kappa shape index (κ2) is 8.30. The van der Waals surface area contributed by atoms with Gasteiger partial charge in [0.15, 0.2) is 5.58 Å². The summed E-state index contributed by atoms with van der Waals surface area (Å²) in [6.45, 7) is 3.54. The van der Waals surface area contributed by atoms with Crippen molar-refractivity contribution in [3.63, 3.8) is 0 Å².